The van der Waals surface area contributed by atoms with Crippen molar-refractivity contribution in [2.45, 2.75) is 6.42 Å². The summed E-state index contributed by atoms with van der Waals surface area (Å²) in [5.41, 5.74) is 3.20. The molecule has 2 aromatic rings. The maximum Gasteiger partial charge on any atom is 0.274 e. The van der Waals surface area contributed by atoms with Crippen LogP contribution in [0.3, 0.4) is 0 Å². The molecule has 0 spiro atoms. The fraction of sp³-hybridized carbons (Fsp3) is 0.211. The molecule has 1 aliphatic heterocycles. The van der Waals surface area contributed by atoms with Gasteiger partial charge in [-0.15, -0.1) is 0 Å². The maximum absolute atomic E-state index is 12.9. The predicted octanol–water partition coefficient (Wildman–Crippen LogP) is 1.45. The molecule has 8 heteroatoms. The number of methoxy groups -OCH3 is 1. The Morgan fingerprint density at radius 2 is 1.96 bits per heavy atom. The van der Waals surface area contributed by atoms with Gasteiger partial charge in [-0.25, -0.2) is 5.48 Å². The number of anilines is 1. The predicted molar refractivity (Wildman–Crippen MR) is 96.9 cm³/mol. The number of hydrogen-bond donors (Lipinski definition) is 3. The number of amides is 3. The Balaban J connectivity index is 1.81. The third-order valence-corrected chi connectivity index (χ3v) is 4.34. The van der Waals surface area contributed by atoms with Gasteiger partial charge < -0.3 is 15.0 Å². The van der Waals surface area contributed by atoms with E-state index in [1.807, 2.05) is 24.3 Å². The van der Waals surface area contributed by atoms with Gasteiger partial charge in [0.05, 0.1) is 18.4 Å². The highest BCUT2D eigenvalue weighted by Gasteiger charge is 2.27. The molecule has 0 fully saturated rings. The minimum Gasteiger partial charge on any atom is -0.497 e. The molecule has 0 aliphatic carbocycles. The van der Waals surface area contributed by atoms with Gasteiger partial charge >= 0.3 is 0 Å². The van der Waals surface area contributed by atoms with Crippen molar-refractivity contribution in [2.24, 2.45) is 0 Å². The van der Waals surface area contributed by atoms with Crippen LogP contribution >= 0.6 is 0 Å². The third-order valence-electron chi connectivity index (χ3n) is 4.34. The van der Waals surface area contributed by atoms with Crippen molar-refractivity contribution >= 4 is 23.4 Å². The van der Waals surface area contributed by atoms with Gasteiger partial charge in [0, 0.05) is 12.1 Å². The van der Waals surface area contributed by atoms with E-state index < -0.39 is 5.91 Å². The number of carbonyl (C=O) groups is 3. The van der Waals surface area contributed by atoms with Crippen LogP contribution in [0.2, 0.25) is 0 Å². The lowest BCUT2D eigenvalue weighted by atomic mass is 10.1. The van der Waals surface area contributed by atoms with Gasteiger partial charge in [-0.2, -0.15) is 0 Å². The number of nitrogens with one attached hydrogen (secondary N) is 2. The number of carbonyl (C=O) groups excluding carboxylic acids is 3. The number of hydrogen-bond acceptors (Lipinski definition) is 5. The number of hydroxylamine groups is 1. The van der Waals surface area contributed by atoms with E-state index in [0.717, 1.165) is 11.3 Å². The molecule has 8 nitrogen and oxygen atoms in total. The second-order valence-electron chi connectivity index (χ2n) is 6.07. The van der Waals surface area contributed by atoms with Gasteiger partial charge in [0.25, 0.3) is 11.8 Å². The van der Waals surface area contributed by atoms with Gasteiger partial charge in [-0.1, -0.05) is 12.1 Å². The lowest BCUT2D eigenvalue weighted by Crippen LogP contribution is -2.36. The summed E-state index contributed by atoms with van der Waals surface area (Å²) >= 11 is 0. The van der Waals surface area contributed by atoms with Crippen LogP contribution < -0.4 is 15.5 Å². The fourth-order valence-corrected chi connectivity index (χ4v) is 2.88. The van der Waals surface area contributed by atoms with Crippen molar-refractivity contribution in [2.75, 3.05) is 25.5 Å². The van der Waals surface area contributed by atoms with E-state index in [2.05, 4.69) is 5.32 Å². The monoisotopic (exact) mass is 369 g/mol. The second-order valence-corrected chi connectivity index (χ2v) is 6.07. The fourth-order valence-electron chi connectivity index (χ4n) is 2.88. The summed E-state index contributed by atoms with van der Waals surface area (Å²) in [6.45, 7) is 0.264. The first-order valence-corrected chi connectivity index (χ1v) is 8.32. The molecule has 3 N–H and O–H groups in total. The van der Waals surface area contributed by atoms with Crippen LogP contribution in [-0.2, 0) is 11.2 Å². The normalized spacial score (nSPS) is 13.5. The highest BCUT2D eigenvalue weighted by Crippen LogP contribution is 2.23. The third kappa shape index (κ3) is 4.06. The molecule has 1 heterocycles. The Bertz CT molecular complexity index is 879. The lowest BCUT2D eigenvalue weighted by molar-refractivity contribution is -0.116. The van der Waals surface area contributed by atoms with E-state index in [4.69, 9.17) is 9.94 Å². The largest absolute Gasteiger partial charge is 0.497 e. The molecule has 3 rings (SSSR count). The van der Waals surface area contributed by atoms with E-state index >= 15 is 0 Å². The van der Waals surface area contributed by atoms with Crippen LogP contribution in [0, 0.1) is 0 Å². The van der Waals surface area contributed by atoms with Crippen LogP contribution in [0.4, 0.5) is 5.69 Å². The van der Waals surface area contributed by atoms with Crippen molar-refractivity contribution in [1.29, 1.82) is 0 Å². The zero-order chi connectivity index (χ0) is 19.4. The highest BCUT2D eigenvalue weighted by molar-refractivity contribution is 6.10. The van der Waals surface area contributed by atoms with E-state index in [1.165, 1.54) is 28.6 Å². The minimum atomic E-state index is -0.731. The van der Waals surface area contributed by atoms with Crippen LogP contribution in [-0.4, -0.2) is 48.0 Å². The average molecular weight is 369 g/mol. The van der Waals surface area contributed by atoms with E-state index in [0.29, 0.717) is 18.7 Å². The van der Waals surface area contributed by atoms with Crippen molar-refractivity contribution in [3.63, 3.8) is 0 Å². The quantitative estimate of drug-likeness (QED) is 0.546. The first-order chi connectivity index (χ1) is 13.0. The Hall–Kier alpha value is -3.39. The number of ether oxygens (including phenoxy) is 1. The summed E-state index contributed by atoms with van der Waals surface area (Å²) in [6.07, 6.45) is 0.565. The second kappa shape index (κ2) is 7.88. The topological polar surface area (TPSA) is 108 Å². The molecule has 0 bridgehead atoms. The lowest BCUT2D eigenvalue weighted by Gasteiger charge is -2.20. The van der Waals surface area contributed by atoms with Gasteiger partial charge in [0.1, 0.15) is 12.3 Å². The van der Waals surface area contributed by atoms with Gasteiger partial charge in [0.15, 0.2) is 0 Å². The Morgan fingerprint density at radius 3 is 2.63 bits per heavy atom. The SMILES string of the molecule is COc1ccc(CCN2CC(=O)Nc3ccc(C(=O)NO)cc3C2=O)cc1. The molecular formula is C19H19N3O5. The van der Waals surface area contributed by atoms with E-state index in [9.17, 15) is 14.4 Å². The van der Waals surface area contributed by atoms with Crippen molar-refractivity contribution in [3.05, 3.63) is 59.2 Å². The molecule has 0 radical (unpaired) electrons. The number of fused-ring (bicyclic) bond motifs is 1. The molecule has 2 aromatic carbocycles. The molecule has 140 valence electrons. The Labute approximate surface area is 155 Å². The van der Waals surface area contributed by atoms with Crippen molar-refractivity contribution in [1.82, 2.24) is 10.4 Å². The molecule has 27 heavy (non-hydrogen) atoms. The zero-order valence-electron chi connectivity index (χ0n) is 14.7. The smallest absolute Gasteiger partial charge is 0.274 e. The van der Waals surface area contributed by atoms with Crippen LogP contribution in [0.1, 0.15) is 26.3 Å². The Morgan fingerprint density at radius 1 is 1.22 bits per heavy atom. The van der Waals surface area contributed by atoms with Crippen molar-refractivity contribution < 1.29 is 24.3 Å². The number of rotatable bonds is 5. The molecular weight excluding hydrogens is 350 g/mol. The van der Waals surface area contributed by atoms with Crippen LogP contribution in [0.25, 0.3) is 0 Å². The molecule has 0 saturated carbocycles. The summed E-state index contributed by atoms with van der Waals surface area (Å²) < 4.78 is 5.12. The first kappa shape index (κ1) is 18.4. The average Bonchev–Trinajstić information content (AvgIpc) is 2.81. The molecule has 0 aromatic heterocycles. The molecule has 1 aliphatic rings. The van der Waals surface area contributed by atoms with E-state index in [1.54, 1.807) is 7.11 Å². The molecule has 3 amide bonds. The summed E-state index contributed by atoms with van der Waals surface area (Å²) in [5.74, 6) is -0.654. The van der Waals surface area contributed by atoms with Crippen molar-refractivity contribution in [3.8, 4) is 5.75 Å². The standard InChI is InChI=1S/C19H19N3O5/c1-27-14-5-2-12(3-6-14)8-9-22-11-17(23)20-16-7-4-13(18(24)21-26)10-15(16)19(22)25/h2-7,10,26H,8-9,11H2,1H3,(H,20,23)(H,21,24). The van der Waals surface area contributed by atoms with Gasteiger partial charge in [-0.05, 0) is 42.3 Å². The van der Waals surface area contributed by atoms with Crippen LogP contribution in [0.5, 0.6) is 5.75 Å². The van der Waals surface area contributed by atoms with Crippen LogP contribution in [0.15, 0.2) is 42.5 Å². The maximum atomic E-state index is 12.9. The minimum absolute atomic E-state index is 0.0782. The van der Waals surface area contributed by atoms with Gasteiger partial charge in [0.2, 0.25) is 5.91 Å². The molecule has 0 saturated heterocycles. The Kier molecular flexibility index (Phi) is 5.37. The summed E-state index contributed by atoms with van der Waals surface area (Å²) in [4.78, 5) is 38.1. The van der Waals surface area contributed by atoms with Gasteiger partial charge in [-0.3, -0.25) is 19.6 Å². The number of benzene rings is 2. The number of nitrogens with zero attached hydrogens (tertiary/aromatic N) is 1. The summed E-state index contributed by atoms with van der Waals surface area (Å²) in [7, 11) is 1.59. The molecule has 0 unspecified atom stereocenters. The molecule has 0 atom stereocenters. The highest BCUT2D eigenvalue weighted by atomic mass is 16.5. The first-order valence-electron chi connectivity index (χ1n) is 8.32. The van der Waals surface area contributed by atoms with E-state index in [-0.39, 0.29) is 29.5 Å². The summed E-state index contributed by atoms with van der Waals surface area (Å²) in [6, 6.07) is 11.7. The summed E-state index contributed by atoms with van der Waals surface area (Å²) in [5, 5.41) is 11.4. The zero-order valence-corrected chi connectivity index (χ0v) is 14.7.